The molecule has 1 heterocycles. The molecule has 7 nitrogen and oxygen atoms in total. The lowest BCUT2D eigenvalue weighted by atomic mass is 10.2. The molecule has 158 valence electrons. The van der Waals surface area contributed by atoms with Gasteiger partial charge >= 0.3 is 6.18 Å². The van der Waals surface area contributed by atoms with E-state index in [1.54, 1.807) is 0 Å². The number of sulfonamides is 1. The van der Waals surface area contributed by atoms with Crippen LogP contribution in [-0.2, 0) is 16.2 Å². The lowest BCUT2D eigenvalue weighted by molar-refractivity contribution is -0.143. The van der Waals surface area contributed by atoms with Crippen molar-refractivity contribution in [1.82, 2.24) is 19.7 Å². The Morgan fingerprint density at radius 2 is 1.77 bits per heavy atom. The van der Waals surface area contributed by atoms with Crippen LogP contribution in [0.15, 0.2) is 47.4 Å². The summed E-state index contributed by atoms with van der Waals surface area (Å²) in [5.74, 6) is -4.17. The van der Waals surface area contributed by atoms with Gasteiger partial charge < -0.3 is 0 Å². The van der Waals surface area contributed by atoms with Crippen molar-refractivity contribution in [2.75, 3.05) is 0 Å². The zero-order valence-electron chi connectivity index (χ0n) is 14.9. The van der Waals surface area contributed by atoms with Crippen molar-refractivity contribution in [3.63, 3.8) is 0 Å². The molecule has 0 saturated heterocycles. The van der Waals surface area contributed by atoms with Crippen LogP contribution in [0.3, 0.4) is 0 Å². The fourth-order valence-corrected chi connectivity index (χ4v) is 3.79. The van der Waals surface area contributed by atoms with E-state index in [0.29, 0.717) is 18.2 Å². The monoisotopic (exact) mass is 446 g/mol. The third-order valence-corrected chi connectivity index (χ3v) is 5.39. The minimum absolute atomic E-state index is 0.0515. The molecule has 0 aliphatic rings. The molecule has 30 heavy (non-hydrogen) atoms. The van der Waals surface area contributed by atoms with E-state index in [0.717, 1.165) is 6.07 Å². The van der Waals surface area contributed by atoms with Crippen molar-refractivity contribution < 1.29 is 35.2 Å². The predicted octanol–water partition coefficient (Wildman–Crippen LogP) is 2.99. The van der Waals surface area contributed by atoms with E-state index in [2.05, 4.69) is 10.3 Å². The summed E-state index contributed by atoms with van der Waals surface area (Å²) < 4.78 is 94.0. The lowest BCUT2D eigenvalue weighted by Crippen LogP contribution is -2.33. The van der Waals surface area contributed by atoms with Gasteiger partial charge in [0, 0.05) is 6.07 Å². The van der Waals surface area contributed by atoms with Crippen LogP contribution < -0.4 is 4.72 Å². The minimum atomic E-state index is -5.27. The summed E-state index contributed by atoms with van der Waals surface area (Å²) in [6.45, 7) is 1.42. The van der Waals surface area contributed by atoms with Crippen LogP contribution in [0, 0.1) is 18.6 Å². The topological polar surface area (TPSA) is 93.9 Å². The molecule has 0 saturated carbocycles. The molecule has 0 bridgehead atoms. The van der Waals surface area contributed by atoms with Crippen LogP contribution >= 0.6 is 0 Å². The summed E-state index contributed by atoms with van der Waals surface area (Å²) in [5, 5.41) is 6.19. The SMILES string of the molecule is Cc1ccccc1S(=O)(=O)NC(=O)c1nnn(-c2ccc(F)cc2F)c1C(F)(F)F. The Bertz CT molecular complexity index is 1240. The smallest absolute Gasteiger partial charge is 0.266 e. The number of hydrogen-bond donors (Lipinski definition) is 1. The van der Waals surface area contributed by atoms with E-state index >= 15 is 0 Å². The molecule has 3 aromatic rings. The third-order valence-electron chi connectivity index (χ3n) is 3.90. The van der Waals surface area contributed by atoms with Crippen molar-refractivity contribution in [3.05, 3.63) is 71.1 Å². The molecule has 0 radical (unpaired) electrons. The minimum Gasteiger partial charge on any atom is -0.266 e. The number of rotatable bonds is 4. The van der Waals surface area contributed by atoms with Gasteiger partial charge in [0.2, 0.25) is 0 Å². The van der Waals surface area contributed by atoms with Gasteiger partial charge in [-0.1, -0.05) is 23.4 Å². The fourth-order valence-electron chi connectivity index (χ4n) is 2.59. The van der Waals surface area contributed by atoms with Gasteiger partial charge in [-0.05, 0) is 30.7 Å². The van der Waals surface area contributed by atoms with Gasteiger partial charge in [0.15, 0.2) is 17.2 Å². The molecule has 2 aromatic carbocycles. The number of aryl methyl sites for hydroxylation is 1. The first-order valence-electron chi connectivity index (χ1n) is 8.03. The summed E-state index contributed by atoms with van der Waals surface area (Å²) in [5.41, 5.74) is -3.82. The number of amides is 1. The summed E-state index contributed by atoms with van der Waals surface area (Å²) in [4.78, 5) is 12.0. The first kappa shape index (κ1) is 21.4. The van der Waals surface area contributed by atoms with Crippen molar-refractivity contribution >= 4 is 15.9 Å². The Hall–Kier alpha value is -3.35. The number of benzene rings is 2. The predicted molar refractivity (Wildman–Crippen MR) is 92.1 cm³/mol. The van der Waals surface area contributed by atoms with Crippen LogP contribution in [-0.4, -0.2) is 29.3 Å². The van der Waals surface area contributed by atoms with Crippen LogP contribution in [0.4, 0.5) is 22.0 Å². The molecule has 3 rings (SSSR count). The van der Waals surface area contributed by atoms with Gasteiger partial charge in [0.25, 0.3) is 15.9 Å². The number of nitrogens with one attached hydrogen (secondary N) is 1. The zero-order valence-corrected chi connectivity index (χ0v) is 15.7. The maximum atomic E-state index is 14.0. The molecule has 1 aromatic heterocycles. The van der Waals surface area contributed by atoms with E-state index in [1.165, 1.54) is 29.8 Å². The summed E-state index contributed by atoms with van der Waals surface area (Å²) >= 11 is 0. The molecular formula is C17H11F5N4O3S. The van der Waals surface area contributed by atoms with Crippen molar-refractivity contribution in [2.24, 2.45) is 0 Å². The highest BCUT2D eigenvalue weighted by molar-refractivity contribution is 7.90. The average Bonchev–Trinajstić information content (AvgIpc) is 3.07. The number of carbonyl (C=O) groups excluding carboxylic acids is 1. The summed E-state index contributed by atoms with van der Waals surface area (Å²) in [6.07, 6.45) is -5.27. The van der Waals surface area contributed by atoms with Crippen molar-refractivity contribution in [1.29, 1.82) is 0 Å². The Balaban J connectivity index is 2.07. The summed E-state index contributed by atoms with van der Waals surface area (Å²) in [6, 6.07) is 7.14. The number of nitrogens with zero attached hydrogens (tertiary/aromatic N) is 3. The van der Waals surface area contributed by atoms with Gasteiger partial charge in [-0.15, -0.1) is 5.10 Å². The molecule has 13 heteroatoms. The lowest BCUT2D eigenvalue weighted by Gasteiger charge is -2.12. The molecular weight excluding hydrogens is 435 g/mol. The molecule has 0 atom stereocenters. The Kier molecular flexibility index (Phi) is 5.33. The molecule has 0 unspecified atom stereocenters. The van der Waals surface area contributed by atoms with Crippen molar-refractivity contribution in [3.8, 4) is 5.69 Å². The molecule has 0 fully saturated rings. The summed E-state index contributed by atoms with van der Waals surface area (Å²) in [7, 11) is -4.54. The zero-order chi connectivity index (χ0) is 22.3. The second-order valence-corrected chi connectivity index (χ2v) is 7.64. The largest absolute Gasteiger partial charge is 0.435 e. The highest BCUT2D eigenvalue weighted by atomic mass is 32.2. The van der Waals surface area contributed by atoms with E-state index < -0.39 is 50.8 Å². The van der Waals surface area contributed by atoms with Gasteiger partial charge in [0.05, 0.1) is 4.90 Å². The normalized spacial score (nSPS) is 12.1. The number of hydrogen-bond acceptors (Lipinski definition) is 5. The molecule has 0 aliphatic carbocycles. The highest BCUT2D eigenvalue weighted by Crippen LogP contribution is 2.33. The van der Waals surface area contributed by atoms with E-state index in [1.807, 2.05) is 0 Å². The van der Waals surface area contributed by atoms with E-state index in [4.69, 9.17) is 0 Å². The van der Waals surface area contributed by atoms with E-state index in [9.17, 15) is 35.2 Å². The second kappa shape index (κ2) is 7.48. The first-order chi connectivity index (χ1) is 13.9. The van der Waals surface area contributed by atoms with Crippen molar-refractivity contribution in [2.45, 2.75) is 18.0 Å². The number of alkyl halides is 3. The van der Waals surface area contributed by atoms with Gasteiger partial charge in [-0.3, -0.25) is 4.79 Å². The first-order valence-corrected chi connectivity index (χ1v) is 9.51. The Labute approximate surface area is 166 Å². The van der Waals surface area contributed by atoms with Gasteiger partial charge in [-0.2, -0.15) is 13.2 Å². The van der Waals surface area contributed by atoms with Gasteiger partial charge in [0.1, 0.15) is 11.5 Å². The molecule has 1 N–H and O–H groups in total. The van der Waals surface area contributed by atoms with Gasteiger partial charge in [-0.25, -0.2) is 26.6 Å². The van der Waals surface area contributed by atoms with Crippen LogP contribution in [0.5, 0.6) is 0 Å². The number of halogens is 5. The third kappa shape index (κ3) is 4.01. The molecule has 0 spiro atoms. The number of carbonyl (C=O) groups is 1. The Morgan fingerprint density at radius 1 is 1.10 bits per heavy atom. The van der Waals surface area contributed by atoms with Crippen LogP contribution in [0.25, 0.3) is 5.69 Å². The maximum Gasteiger partial charge on any atom is 0.435 e. The quantitative estimate of drug-likeness (QED) is 0.622. The Morgan fingerprint density at radius 3 is 2.37 bits per heavy atom. The van der Waals surface area contributed by atoms with Crippen LogP contribution in [0.2, 0.25) is 0 Å². The standard InChI is InChI=1S/C17H11F5N4O3S/c1-9-4-2-3-5-13(9)30(28,29)24-16(27)14-15(17(20,21)22)26(25-23-14)12-7-6-10(18)8-11(12)19/h2-8H,1H3,(H,24,27). The average molecular weight is 446 g/mol. The molecule has 0 aliphatic heterocycles. The maximum absolute atomic E-state index is 14.0. The van der Waals surface area contributed by atoms with E-state index in [-0.39, 0.29) is 15.1 Å². The second-order valence-electron chi connectivity index (χ2n) is 5.99. The van der Waals surface area contributed by atoms with Crippen LogP contribution in [0.1, 0.15) is 21.7 Å². The molecule has 1 amide bonds. The fraction of sp³-hybridized carbons (Fsp3) is 0.118. The highest BCUT2D eigenvalue weighted by Gasteiger charge is 2.43. The number of aromatic nitrogens is 3.